The van der Waals surface area contributed by atoms with Gasteiger partial charge in [-0.15, -0.1) is 0 Å². The zero-order valence-corrected chi connectivity index (χ0v) is 15.9. The van der Waals surface area contributed by atoms with Crippen molar-refractivity contribution < 1.29 is 23.4 Å². The number of hydrogen-bond donors (Lipinski definition) is 2. The van der Waals surface area contributed by atoms with Crippen LogP contribution in [0.25, 0.3) is 11.0 Å². The predicted octanol–water partition coefficient (Wildman–Crippen LogP) is 3.73. The maximum atomic E-state index is 13.4. The van der Waals surface area contributed by atoms with Crippen LogP contribution in [-0.4, -0.2) is 30.3 Å². The van der Waals surface area contributed by atoms with Gasteiger partial charge in [0.25, 0.3) is 5.91 Å². The number of phenols is 1. The Morgan fingerprint density at radius 1 is 1.28 bits per heavy atom. The van der Waals surface area contributed by atoms with Crippen molar-refractivity contribution in [3.05, 3.63) is 65.0 Å². The normalized spacial score (nSPS) is 17.0. The minimum absolute atomic E-state index is 0.00743. The summed E-state index contributed by atoms with van der Waals surface area (Å²) in [4.78, 5) is 17.3. The number of rotatable bonds is 4. The summed E-state index contributed by atoms with van der Waals surface area (Å²) in [6.07, 6.45) is 1.90. The number of carbonyl (C=O) groups is 1. The highest BCUT2D eigenvalue weighted by Gasteiger charge is 2.19. The van der Waals surface area contributed by atoms with Crippen LogP contribution in [0.1, 0.15) is 28.8 Å². The summed E-state index contributed by atoms with van der Waals surface area (Å²) in [5.41, 5.74) is 1.83. The number of ether oxygens (including phenoxy) is 1. The molecular weight excluding hydrogens is 375 g/mol. The molecule has 7 heteroatoms. The first-order valence-corrected chi connectivity index (χ1v) is 9.47. The summed E-state index contributed by atoms with van der Waals surface area (Å²) in [5.74, 6) is -0.658. The topological polar surface area (TPSA) is 84.1 Å². The van der Waals surface area contributed by atoms with Crippen molar-refractivity contribution >= 4 is 22.6 Å². The van der Waals surface area contributed by atoms with Crippen molar-refractivity contribution in [2.45, 2.75) is 25.9 Å². The summed E-state index contributed by atoms with van der Waals surface area (Å²) in [6.45, 7) is 2.84. The van der Waals surface area contributed by atoms with E-state index in [9.17, 15) is 14.3 Å². The van der Waals surface area contributed by atoms with E-state index >= 15 is 0 Å². The van der Waals surface area contributed by atoms with Crippen molar-refractivity contribution in [1.29, 1.82) is 0 Å². The van der Waals surface area contributed by atoms with Crippen molar-refractivity contribution in [2.75, 3.05) is 13.2 Å². The Morgan fingerprint density at radius 3 is 2.90 bits per heavy atom. The van der Waals surface area contributed by atoms with Crippen LogP contribution in [-0.2, 0) is 4.74 Å². The van der Waals surface area contributed by atoms with Crippen LogP contribution in [0, 0.1) is 12.7 Å². The third-order valence-corrected chi connectivity index (χ3v) is 4.87. The summed E-state index contributed by atoms with van der Waals surface area (Å²) in [7, 11) is 0. The average Bonchev–Trinajstić information content (AvgIpc) is 3.21. The molecule has 2 N–H and O–H groups in total. The van der Waals surface area contributed by atoms with Gasteiger partial charge < -0.3 is 19.6 Å². The SMILES string of the molecule is Cc1cc(F)ccc1N=c1oc2cc(O)ccc2cc1C(=O)NC[C@H]1CCCO1. The van der Waals surface area contributed by atoms with Gasteiger partial charge in [0, 0.05) is 24.6 Å². The number of nitrogens with one attached hydrogen (secondary N) is 1. The summed E-state index contributed by atoms with van der Waals surface area (Å²) in [5, 5.41) is 13.3. The first-order valence-electron chi connectivity index (χ1n) is 9.47. The first kappa shape index (κ1) is 19.1. The van der Waals surface area contributed by atoms with Gasteiger partial charge in [0.15, 0.2) is 0 Å². The third-order valence-electron chi connectivity index (χ3n) is 4.87. The molecule has 1 fully saturated rings. The van der Waals surface area contributed by atoms with Gasteiger partial charge in [0.1, 0.15) is 22.7 Å². The maximum Gasteiger partial charge on any atom is 0.256 e. The molecule has 150 valence electrons. The quantitative estimate of drug-likeness (QED) is 0.704. The lowest BCUT2D eigenvalue weighted by molar-refractivity contribution is 0.0854. The van der Waals surface area contributed by atoms with E-state index in [-0.39, 0.29) is 34.7 Å². The molecule has 1 amide bonds. The lowest BCUT2D eigenvalue weighted by Crippen LogP contribution is -2.34. The molecule has 0 unspecified atom stereocenters. The Kier molecular flexibility index (Phi) is 5.31. The number of aryl methyl sites for hydroxylation is 1. The van der Waals surface area contributed by atoms with Crippen LogP contribution in [0.5, 0.6) is 5.75 Å². The standard InChI is InChI=1S/C22H21FN2O4/c1-13-9-15(23)5-7-19(13)25-22-18(21(27)24-12-17-3-2-8-28-17)10-14-4-6-16(26)11-20(14)29-22/h4-7,9-11,17,26H,2-3,8,12H2,1H3,(H,24,27)/t17-/m1/s1. The molecule has 0 radical (unpaired) electrons. The molecule has 3 aromatic rings. The van der Waals surface area contributed by atoms with E-state index in [4.69, 9.17) is 9.15 Å². The molecule has 29 heavy (non-hydrogen) atoms. The summed E-state index contributed by atoms with van der Waals surface area (Å²) in [6, 6.07) is 10.5. The molecule has 1 aromatic heterocycles. The zero-order valence-electron chi connectivity index (χ0n) is 15.9. The van der Waals surface area contributed by atoms with Crippen LogP contribution in [0.4, 0.5) is 10.1 Å². The van der Waals surface area contributed by atoms with E-state index in [1.807, 2.05) is 0 Å². The lowest BCUT2D eigenvalue weighted by Gasteiger charge is -2.11. The van der Waals surface area contributed by atoms with E-state index < -0.39 is 0 Å². The molecule has 1 atom stereocenters. The molecule has 2 aromatic carbocycles. The number of halogens is 1. The van der Waals surface area contributed by atoms with E-state index in [1.165, 1.54) is 30.3 Å². The smallest absolute Gasteiger partial charge is 0.256 e. The van der Waals surface area contributed by atoms with Gasteiger partial charge >= 0.3 is 0 Å². The fraction of sp³-hybridized carbons (Fsp3) is 0.273. The number of hydrogen-bond acceptors (Lipinski definition) is 5. The largest absolute Gasteiger partial charge is 0.508 e. The molecule has 1 aliphatic heterocycles. The Hall–Kier alpha value is -3.19. The summed E-state index contributed by atoms with van der Waals surface area (Å²) >= 11 is 0. The number of amides is 1. The highest BCUT2D eigenvalue weighted by molar-refractivity contribution is 5.96. The maximum absolute atomic E-state index is 13.4. The van der Waals surface area contributed by atoms with Crippen LogP contribution in [0.2, 0.25) is 0 Å². The molecule has 0 saturated carbocycles. The molecule has 4 rings (SSSR count). The highest BCUT2D eigenvalue weighted by atomic mass is 19.1. The fourth-order valence-electron chi connectivity index (χ4n) is 3.31. The molecule has 6 nitrogen and oxygen atoms in total. The Balaban J connectivity index is 1.78. The predicted molar refractivity (Wildman–Crippen MR) is 106 cm³/mol. The first-order chi connectivity index (χ1) is 14.0. The minimum Gasteiger partial charge on any atom is -0.508 e. The Bertz CT molecular complexity index is 1130. The molecule has 1 saturated heterocycles. The molecule has 2 heterocycles. The molecule has 0 spiro atoms. The van der Waals surface area contributed by atoms with Crippen molar-refractivity contribution in [1.82, 2.24) is 5.32 Å². The lowest BCUT2D eigenvalue weighted by atomic mass is 10.1. The fourth-order valence-corrected chi connectivity index (χ4v) is 3.31. The number of aromatic hydroxyl groups is 1. The van der Waals surface area contributed by atoms with Gasteiger partial charge in [-0.25, -0.2) is 9.38 Å². The molecule has 0 aliphatic carbocycles. The zero-order chi connectivity index (χ0) is 20.4. The Morgan fingerprint density at radius 2 is 2.14 bits per heavy atom. The van der Waals surface area contributed by atoms with Gasteiger partial charge in [-0.05, 0) is 61.7 Å². The van der Waals surface area contributed by atoms with E-state index in [2.05, 4.69) is 10.3 Å². The monoisotopic (exact) mass is 396 g/mol. The second-order valence-electron chi connectivity index (χ2n) is 7.08. The van der Waals surface area contributed by atoms with Gasteiger partial charge in [-0.1, -0.05) is 0 Å². The van der Waals surface area contributed by atoms with Gasteiger partial charge in [0.2, 0.25) is 5.55 Å². The van der Waals surface area contributed by atoms with E-state index in [0.29, 0.717) is 35.4 Å². The minimum atomic E-state index is -0.364. The average molecular weight is 396 g/mol. The number of nitrogens with zero attached hydrogens (tertiary/aromatic N) is 1. The van der Waals surface area contributed by atoms with Crippen molar-refractivity contribution in [3.63, 3.8) is 0 Å². The van der Waals surface area contributed by atoms with Crippen LogP contribution in [0.3, 0.4) is 0 Å². The number of benzene rings is 2. The molecule has 0 bridgehead atoms. The van der Waals surface area contributed by atoms with Crippen molar-refractivity contribution in [3.8, 4) is 5.75 Å². The third kappa shape index (κ3) is 4.30. The Labute approximate surface area is 166 Å². The number of fused-ring (bicyclic) bond motifs is 1. The van der Waals surface area contributed by atoms with Gasteiger partial charge in [-0.2, -0.15) is 0 Å². The number of carbonyl (C=O) groups excluding carboxylic acids is 1. The highest BCUT2D eigenvalue weighted by Crippen LogP contribution is 2.22. The second-order valence-corrected chi connectivity index (χ2v) is 7.08. The van der Waals surface area contributed by atoms with Gasteiger partial charge in [-0.3, -0.25) is 4.79 Å². The number of phenolic OH excluding ortho intramolecular Hbond substituents is 1. The molecular formula is C22H21FN2O4. The summed E-state index contributed by atoms with van der Waals surface area (Å²) < 4.78 is 24.8. The van der Waals surface area contributed by atoms with Crippen molar-refractivity contribution in [2.24, 2.45) is 4.99 Å². The van der Waals surface area contributed by atoms with Gasteiger partial charge in [0.05, 0.1) is 11.8 Å². The second kappa shape index (κ2) is 8.05. The van der Waals surface area contributed by atoms with Crippen LogP contribution >= 0.6 is 0 Å². The molecule has 1 aliphatic rings. The van der Waals surface area contributed by atoms with E-state index in [0.717, 1.165) is 12.8 Å². The van der Waals surface area contributed by atoms with Crippen LogP contribution in [0.15, 0.2) is 51.9 Å². The van der Waals surface area contributed by atoms with E-state index in [1.54, 1.807) is 19.1 Å². The van der Waals surface area contributed by atoms with Crippen LogP contribution < -0.4 is 10.9 Å².